The number of hydrogen-bond donors (Lipinski definition) is 2. The number of carboxylic acids is 1. The van der Waals surface area contributed by atoms with Gasteiger partial charge in [0, 0.05) is 18.3 Å². The van der Waals surface area contributed by atoms with Crippen molar-refractivity contribution in [3.05, 3.63) is 32.4 Å². The van der Waals surface area contributed by atoms with Crippen LogP contribution in [-0.2, 0) is 6.42 Å². The van der Waals surface area contributed by atoms with Crippen LogP contribution in [0.2, 0.25) is 0 Å². The molecule has 0 aliphatic heterocycles. The zero-order valence-corrected chi connectivity index (χ0v) is 11.0. The lowest BCUT2D eigenvalue weighted by Gasteiger charge is -1.98. The quantitative estimate of drug-likeness (QED) is 0.617. The van der Waals surface area contributed by atoms with Crippen LogP contribution in [-0.4, -0.2) is 32.5 Å². The molecule has 2 aromatic rings. The predicted molar refractivity (Wildman–Crippen MR) is 70.0 cm³/mol. The van der Waals surface area contributed by atoms with Gasteiger partial charge in [0.2, 0.25) is 0 Å². The van der Waals surface area contributed by atoms with Crippen LogP contribution in [0, 0.1) is 10.1 Å². The van der Waals surface area contributed by atoms with Crippen LogP contribution in [0.5, 0.6) is 0 Å². The molecule has 8 nitrogen and oxygen atoms in total. The summed E-state index contributed by atoms with van der Waals surface area (Å²) < 4.78 is 0. The summed E-state index contributed by atoms with van der Waals surface area (Å²) in [5.74, 6) is -1.05. The number of carbonyl (C=O) groups is 1. The maximum atomic E-state index is 10.6. The number of nitrogens with one attached hydrogen (secondary N) is 1. The Kier molecular flexibility index (Phi) is 4.02. The first-order valence-electron chi connectivity index (χ1n) is 5.08. The number of carboxylic acid groups (broad SMARTS) is 1. The van der Waals surface area contributed by atoms with Crippen molar-refractivity contribution in [3.63, 3.8) is 0 Å². The fourth-order valence-corrected chi connectivity index (χ4v) is 2.66. The molecule has 0 unspecified atom stereocenters. The van der Waals surface area contributed by atoms with Gasteiger partial charge in [0.25, 0.3) is 0 Å². The van der Waals surface area contributed by atoms with E-state index in [4.69, 9.17) is 5.11 Å². The van der Waals surface area contributed by atoms with E-state index in [-0.39, 0.29) is 10.7 Å². The van der Waals surface area contributed by atoms with Crippen molar-refractivity contribution in [3.8, 4) is 0 Å². The molecule has 0 atom stereocenters. The van der Waals surface area contributed by atoms with Gasteiger partial charge in [-0.2, -0.15) is 0 Å². The number of aromatic nitrogens is 2. The van der Waals surface area contributed by atoms with Gasteiger partial charge in [-0.15, -0.1) is 11.3 Å². The fourth-order valence-electron chi connectivity index (χ4n) is 1.23. The first-order chi connectivity index (χ1) is 9.06. The van der Waals surface area contributed by atoms with Crippen molar-refractivity contribution in [2.45, 2.75) is 6.42 Å². The van der Waals surface area contributed by atoms with Crippen molar-refractivity contribution in [1.82, 2.24) is 9.97 Å². The Bertz CT molecular complexity index is 557. The highest BCUT2D eigenvalue weighted by Gasteiger charge is 2.11. The number of aromatic carboxylic acids is 1. The van der Waals surface area contributed by atoms with Gasteiger partial charge in [0.05, 0.1) is 9.93 Å². The van der Waals surface area contributed by atoms with Gasteiger partial charge >= 0.3 is 11.0 Å². The number of rotatable bonds is 6. The highest BCUT2D eigenvalue weighted by atomic mass is 32.1. The summed E-state index contributed by atoms with van der Waals surface area (Å²) in [6.07, 6.45) is 1.73. The molecule has 2 N–H and O–H groups in total. The summed E-state index contributed by atoms with van der Waals surface area (Å²) in [5.41, 5.74) is 0.0323. The number of anilines is 1. The van der Waals surface area contributed by atoms with Crippen LogP contribution in [0.25, 0.3) is 0 Å². The van der Waals surface area contributed by atoms with Crippen LogP contribution in [0.3, 0.4) is 0 Å². The summed E-state index contributed by atoms with van der Waals surface area (Å²) in [6.45, 7) is 0.483. The summed E-state index contributed by atoms with van der Waals surface area (Å²) >= 11 is 2.22. The van der Waals surface area contributed by atoms with Crippen molar-refractivity contribution in [2.75, 3.05) is 11.9 Å². The van der Waals surface area contributed by atoms with E-state index in [1.54, 1.807) is 0 Å². The molecular formula is C9H8N4O4S2. The van der Waals surface area contributed by atoms with Crippen molar-refractivity contribution >= 4 is 38.8 Å². The third-order valence-corrected chi connectivity index (χ3v) is 3.87. The van der Waals surface area contributed by atoms with E-state index in [0.29, 0.717) is 23.1 Å². The minimum Gasteiger partial charge on any atom is -0.476 e. The van der Waals surface area contributed by atoms with E-state index >= 15 is 0 Å². The zero-order valence-electron chi connectivity index (χ0n) is 9.40. The Morgan fingerprint density at radius 3 is 2.95 bits per heavy atom. The molecule has 19 heavy (non-hydrogen) atoms. The van der Waals surface area contributed by atoms with Gasteiger partial charge in [-0.3, -0.25) is 10.1 Å². The average Bonchev–Trinajstić information content (AvgIpc) is 2.97. The summed E-state index contributed by atoms with van der Waals surface area (Å²) in [7, 11) is 0. The predicted octanol–water partition coefficient (Wildman–Crippen LogP) is 1.86. The second kappa shape index (κ2) is 5.71. The van der Waals surface area contributed by atoms with Gasteiger partial charge in [0.15, 0.2) is 10.8 Å². The van der Waals surface area contributed by atoms with E-state index in [1.165, 1.54) is 22.9 Å². The van der Waals surface area contributed by atoms with Gasteiger partial charge < -0.3 is 10.4 Å². The first kappa shape index (κ1) is 13.4. The second-order valence-electron chi connectivity index (χ2n) is 3.37. The standard InChI is InChI=1S/C9H8N4O4S2/c14-8(15)5-4-18-6(12-5)1-2-10-9-11-3-7(19-9)13(16)17/h3-4H,1-2H2,(H,10,11)(H,14,15). The van der Waals surface area contributed by atoms with Crippen LogP contribution < -0.4 is 5.32 Å². The second-order valence-corrected chi connectivity index (χ2v) is 5.32. The smallest absolute Gasteiger partial charge is 0.355 e. The normalized spacial score (nSPS) is 10.3. The molecule has 2 aromatic heterocycles. The van der Waals surface area contributed by atoms with Gasteiger partial charge in [0.1, 0.15) is 6.20 Å². The molecular weight excluding hydrogens is 292 g/mol. The highest BCUT2D eigenvalue weighted by molar-refractivity contribution is 7.18. The van der Waals surface area contributed by atoms with E-state index in [1.807, 2.05) is 0 Å². The number of nitro groups is 1. The monoisotopic (exact) mass is 300 g/mol. The number of nitrogens with zero attached hydrogens (tertiary/aromatic N) is 3. The highest BCUT2D eigenvalue weighted by Crippen LogP contribution is 2.24. The molecule has 0 aliphatic carbocycles. The summed E-state index contributed by atoms with van der Waals surface area (Å²) in [6, 6.07) is 0. The van der Waals surface area contributed by atoms with Crippen molar-refractivity contribution < 1.29 is 14.8 Å². The topological polar surface area (TPSA) is 118 Å². The minimum absolute atomic E-state index is 0.0232. The number of thiazole rings is 2. The third-order valence-electron chi connectivity index (χ3n) is 2.06. The van der Waals surface area contributed by atoms with Gasteiger partial charge in [-0.05, 0) is 11.3 Å². The lowest BCUT2D eigenvalue weighted by atomic mass is 10.4. The van der Waals surface area contributed by atoms with Crippen LogP contribution in [0.15, 0.2) is 11.6 Å². The van der Waals surface area contributed by atoms with E-state index in [0.717, 1.165) is 11.3 Å². The van der Waals surface area contributed by atoms with Gasteiger partial charge in [-0.25, -0.2) is 14.8 Å². The Balaban J connectivity index is 1.85. The molecule has 0 amide bonds. The van der Waals surface area contributed by atoms with E-state index in [2.05, 4.69) is 15.3 Å². The van der Waals surface area contributed by atoms with Crippen molar-refractivity contribution in [2.24, 2.45) is 0 Å². The Labute approximate surface area is 114 Å². The van der Waals surface area contributed by atoms with Crippen LogP contribution >= 0.6 is 22.7 Å². The van der Waals surface area contributed by atoms with E-state index < -0.39 is 10.9 Å². The molecule has 0 spiro atoms. The molecule has 10 heteroatoms. The lowest BCUT2D eigenvalue weighted by molar-refractivity contribution is -0.380. The van der Waals surface area contributed by atoms with Crippen molar-refractivity contribution in [1.29, 1.82) is 0 Å². The first-order valence-corrected chi connectivity index (χ1v) is 6.77. The molecule has 0 bridgehead atoms. The maximum absolute atomic E-state index is 10.6. The maximum Gasteiger partial charge on any atom is 0.355 e. The average molecular weight is 300 g/mol. The van der Waals surface area contributed by atoms with Crippen LogP contribution in [0.4, 0.5) is 10.1 Å². The zero-order chi connectivity index (χ0) is 13.8. The molecule has 2 heterocycles. The molecule has 0 fully saturated rings. The lowest BCUT2D eigenvalue weighted by Crippen LogP contribution is -2.05. The van der Waals surface area contributed by atoms with E-state index in [9.17, 15) is 14.9 Å². The molecule has 0 aromatic carbocycles. The SMILES string of the molecule is O=C(O)c1csc(CCNc2ncc([N+](=O)[O-])s2)n1. The molecule has 0 saturated heterocycles. The molecule has 0 radical (unpaired) electrons. The number of hydrogen-bond acceptors (Lipinski definition) is 8. The molecule has 0 saturated carbocycles. The third kappa shape index (κ3) is 3.45. The summed E-state index contributed by atoms with van der Waals surface area (Å²) in [4.78, 5) is 28.4. The fraction of sp³-hybridized carbons (Fsp3) is 0.222. The minimum atomic E-state index is -1.05. The molecule has 100 valence electrons. The Morgan fingerprint density at radius 1 is 1.58 bits per heavy atom. The van der Waals surface area contributed by atoms with Crippen LogP contribution in [0.1, 0.15) is 15.5 Å². The largest absolute Gasteiger partial charge is 0.476 e. The Morgan fingerprint density at radius 2 is 2.37 bits per heavy atom. The molecule has 2 rings (SSSR count). The summed E-state index contributed by atoms with van der Waals surface area (Å²) in [5, 5.41) is 24.7. The van der Waals surface area contributed by atoms with Gasteiger partial charge in [-0.1, -0.05) is 0 Å². The Hall–Kier alpha value is -2.07. The molecule has 0 aliphatic rings.